The van der Waals surface area contributed by atoms with Crippen molar-refractivity contribution in [3.05, 3.63) is 84.9 Å². The van der Waals surface area contributed by atoms with E-state index in [-0.39, 0.29) is 10.8 Å². The number of carbonyl (C=O) groups excluding carboxylic acids is 1. The predicted octanol–water partition coefficient (Wildman–Crippen LogP) is 4.34. The Morgan fingerprint density at radius 1 is 0.912 bits per heavy atom. The van der Waals surface area contributed by atoms with Crippen molar-refractivity contribution in [2.75, 3.05) is 19.7 Å². The first kappa shape index (κ1) is 22.4. The Kier molecular flexibility index (Phi) is 6.22. The second kappa shape index (κ2) is 9.44. The lowest BCUT2D eigenvalue weighted by molar-refractivity contribution is -0.124. The molecule has 1 heterocycles. The van der Waals surface area contributed by atoms with E-state index >= 15 is 0 Å². The average Bonchev–Trinajstić information content (AvgIpc) is 3.37. The predicted molar refractivity (Wildman–Crippen MR) is 133 cm³/mol. The molecule has 5 rings (SSSR count). The van der Waals surface area contributed by atoms with E-state index in [0.29, 0.717) is 32.5 Å². The summed E-state index contributed by atoms with van der Waals surface area (Å²) in [6.07, 6.45) is 1.15. The molecule has 1 atom stereocenters. The van der Waals surface area contributed by atoms with E-state index in [9.17, 15) is 13.2 Å². The lowest BCUT2D eigenvalue weighted by atomic mass is 10.1. The smallest absolute Gasteiger partial charge is 0.243 e. The van der Waals surface area contributed by atoms with Crippen LogP contribution in [0.2, 0.25) is 0 Å². The van der Waals surface area contributed by atoms with Crippen LogP contribution in [0, 0.1) is 0 Å². The number of hydrogen-bond acceptors (Lipinski definition) is 4. The van der Waals surface area contributed by atoms with E-state index in [4.69, 9.17) is 4.74 Å². The molecule has 1 fully saturated rings. The van der Waals surface area contributed by atoms with Crippen LogP contribution in [-0.2, 0) is 14.8 Å². The van der Waals surface area contributed by atoms with Gasteiger partial charge in [0.15, 0.2) is 0 Å². The molecule has 0 spiro atoms. The van der Waals surface area contributed by atoms with Crippen LogP contribution in [0.1, 0.15) is 12.8 Å². The van der Waals surface area contributed by atoms with Crippen molar-refractivity contribution in [3.8, 4) is 5.75 Å². The monoisotopic (exact) mass is 474 g/mol. The van der Waals surface area contributed by atoms with E-state index in [1.54, 1.807) is 18.2 Å². The van der Waals surface area contributed by atoms with Gasteiger partial charge in [0.25, 0.3) is 0 Å². The highest BCUT2D eigenvalue weighted by molar-refractivity contribution is 7.89. The van der Waals surface area contributed by atoms with Crippen LogP contribution >= 0.6 is 0 Å². The molecule has 7 heteroatoms. The fourth-order valence-electron chi connectivity index (χ4n) is 4.53. The molecule has 0 saturated carbocycles. The molecule has 1 aliphatic rings. The minimum absolute atomic E-state index is 0.213. The van der Waals surface area contributed by atoms with Gasteiger partial charge in [-0.2, -0.15) is 4.31 Å². The van der Waals surface area contributed by atoms with E-state index in [1.165, 1.54) is 4.31 Å². The zero-order valence-electron chi connectivity index (χ0n) is 18.7. The molecular weight excluding hydrogens is 448 g/mol. The van der Waals surface area contributed by atoms with E-state index in [1.807, 2.05) is 66.7 Å². The van der Waals surface area contributed by atoms with E-state index < -0.39 is 16.1 Å². The van der Waals surface area contributed by atoms with Gasteiger partial charge in [-0.05, 0) is 47.2 Å². The minimum atomic E-state index is -3.78. The Morgan fingerprint density at radius 3 is 2.50 bits per heavy atom. The number of benzene rings is 4. The Labute approximate surface area is 199 Å². The minimum Gasteiger partial charge on any atom is -0.491 e. The lowest BCUT2D eigenvalue weighted by Crippen LogP contribution is -2.46. The first-order valence-electron chi connectivity index (χ1n) is 11.4. The number of rotatable bonds is 7. The first-order chi connectivity index (χ1) is 16.5. The molecule has 34 heavy (non-hydrogen) atoms. The summed E-state index contributed by atoms with van der Waals surface area (Å²) in [5.41, 5.74) is 0. The molecule has 0 aliphatic carbocycles. The van der Waals surface area contributed by atoms with Gasteiger partial charge in [0.2, 0.25) is 15.9 Å². The van der Waals surface area contributed by atoms with Crippen molar-refractivity contribution < 1.29 is 17.9 Å². The third-order valence-electron chi connectivity index (χ3n) is 6.24. The second-order valence-electron chi connectivity index (χ2n) is 8.40. The summed E-state index contributed by atoms with van der Waals surface area (Å²) in [4.78, 5) is 13.1. The van der Waals surface area contributed by atoms with E-state index in [0.717, 1.165) is 27.3 Å². The molecule has 0 bridgehead atoms. The Morgan fingerprint density at radius 2 is 1.65 bits per heavy atom. The van der Waals surface area contributed by atoms with Crippen molar-refractivity contribution in [2.45, 2.75) is 23.8 Å². The summed E-state index contributed by atoms with van der Waals surface area (Å²) in [7, 11) is -3.78. The molecule has 1 N–H and O–H groups in total. The highest BCUT2D eigenvalue weighted by Gasteiger charge is 2.39. The van der Waals surface area contributed by atoms with Gasteiger partial charge in [0, 0.05) is 11.9 Å². The molecule has 4 aromatic rings. The Hall–Kier alpha value is -3.42. The maximum Gasteiger partial charge on any atom is 0.243 e. The summed E-state index contributed by atoms with van der Waals surface area (Å²) in [5.74, 6) is 0.470. The van der Waals surface area contributed by atoms with Crippen LogP contribution in [0.3, 0.4) is 0 Å². The zero-order valence-corrected chi connectivity index (χ0v) is 19.5. The lowest BCUT2D eigenvalue weighted by Gasteiger charge is -2.23. The SMILES string of the molecule is O=C(NCCOc1cccc2ccccc12)[C@@H]1CCCN1S(=O)(=O)c1ccc2ccccc2c1. The molecule has 174 valence electrons. The maximum atomic E-state index is 13.4. The molecule has 0 radical (unpaired) electrons. The van der Waals surface area contributed by atoms with Crippen LogP contribution in [0.25, 0.3) is 21.5 Å². The highest BCUT2D eigenvalue weighted by atomic mass is 32.2. The molecule has 1 aliphatic heterocycles. The van der Waals surface area contributed by atoms with Gasteiger partial charge in [-0.25, -0.2) is 8.42 Å². The van der Waals surface area contributed by atoms with Gasteiger partial charge in [-0.1, -0.05) is 66.7 Å². The van der Waals surface area contributed by atoms with Crippen molar-refractivity contribution in [1.29, 1.82) is 0 Å². The van der Waals surface area contributed by atoms with Crippen molar-refractivity contribution in [1.82, 2.24) is 9.62 Å². The molecule has 4 aromatic carbocycles. The zero-order chi connectivity index (χ0) is 23.5. The van der Waals surface area contributed by atoms with Gasteiger partial charge in [-0.3, -0.25) is 4.79 Å². The third-order valence-corrected chi connectivity index (χ3v) is 8.15. The maximum absolute atomic E-state index is 13.4. The number of nitrogens with zero attached hydrogens (tertiary/aromatic N) is 1. The Balaban J connectivity index is 1.23. The number of carbonyl (C=O) groups is 1. The summed E-state index contributed by atoms with van der Waals surface area (Å²) in [5, 5.41) is 6.79. The molecule has 1 saturated heterocycles. The molecule has 0 unspecified atom stereocenters. The number of fused-ring (bicyclic) bond motifs is 2. The van der Waals surface area contributed by atoms with Crippen LogP contribution < -0.4 is 10.1 Å². The van der Waals surface area contributed by atoms with Gasteiger partial charge < -0.3 is 10.1 Å². The van der Waals surface area contributed by atoms with Crippen molar-refractivity contribution >= 4 is 37.5 Å². The van der Waals surface area contributed by atoms with Crippen molar-refractivity contribution in [2.24, 2.45) is 0 Å². The first-order valence-corrected chi connectivity index (χ1v) is 12.9. The van der Waals surface area contributed by atoms with Crippen LogP contribution in [0.15, 0.2) is 89.8 Å². The fourth-order valence-corrected chi connectivity index (χ4v) is 6.22. The summed E-state index contributed by atoms with van der Waals surface area (Å²) >= 11 is 0. The Bertz CT molecular complexity index is 1450. The molecular formula is C27H26N2O4S. The van der Waals surface area contributed by atoms with Crippen LogP contribution in [0.5, 0.6) is 5.75 Å². The van der Waals surface area contributed by atoms with Gasteiger partial charge in [0.05, 0.1) is 11.4 Å². The number of nitrogens with one attached hydrogen (secondary N) is 1. The molecule has 6 nitrogen and oxygen atoms in total. The normalized spacial score (nSPS) is 16.6. The molecule has 0 aromatic heterocycles. The number of hydrogen-bond donors (Lipinski definition) is 1. The topological polar surface area (TPSA) is 75.7 Å². The van der Waals surface area contributed by atoms with Gasteiger partial charge in [-0.15, -0.1) is 0 Å². The standard InChI is InChI=1S/C27H26N2O4S/c30-27(28-16-18-33-26-13-5-10-21-8-3-4-11-24(21)26)25-12-6-17-29(25)34(31,32)23-15-14-20-7-1-2-9-22(20)19-23/h1-5,7-11,13-15,19,25H,6,12,16-18H2,(H,28,30)/t25-/m0/s1. The summed E-state index contributed by atoms with van der Waals surface area (Å²) in [6.45, 7) is 0.923. The summed E-state index contributed by atoms with van der Waals surface area (Å²) < 4.78 is 33.9. The van der Waals surface area contributed by atoms with Crippen LogP contribution in [-0.4, -0.2) is 44.4 Å². The van der Waals surface area contributed by atoms with Gasteiger partial charge in [0.1, 0.15) is 18.4 Å². The average molecular weight is 475 g/mol. The second-order valence-corrected chi connectivity index (χ2v) is 10.3. The third kappa shape index (κ3) is 4.36. The number of amides is 1. The number of ether oxygens (including phenoxy) is 1. The fraction of sp³-hybridized carbons (Fsp3) is 0.222. The number of sulfonamides is 1. The van der Waals surface area contributed by atoms with Gasteiger partial charge >= 0.3 is 0 Å². The van der Waals surface area contributed by atoms with E-state index in [2.05, 4.69) is 5.32 Å². The largest absolute Gasteiger partial charge is 0.491 e. The summed E-state index contributed by atoms with van der Waals surface area (Å²) in [6, 6.07) is 25.8. The molecule has 1 amide bonds. The van der Waals surface area contributed by atoms with Crippen LogP contribution in [0.4, 0.5) is 0 Å². The quantitative estimate of drug-likeness (QED) is 0.404. The highest BCUT2D eigenvalue weighted by Crippen LogP contribution is 2.28. The van der Waals surface area contributed by atoms with Crippen molar-refractivity contribution in [3.63, 3.8) is 0 Å².